The maximum absolute atomic E-state index is 13.2. The SMILES string of the molecule is Cc1ccc(S(=O)(=O)N2CC(O)CC2C(=O)OC(C)C(=O)N(C)c2ccccc2)cc1C. The minimum absolute atomic E-state index is 0.0421. The highest BCUT2D eigenvalue weighted by molar-refractivity contribution is 7.89. The maximum Gasteiger partial charge on any atom is 0.325 e. The summed E-state index contributed by atoms with van der Waals surface area (Å²) in [6.45, 7) is 4.89. The van der Waals surface area contributed by atoms with E-state index in [0.717, 1.165) is 15.4 Å². The fraction of sp³-hybridized carbons (Fsp3) is 0.391. The molecule has 2 aromatic carbocycles. The number of aliphatic hydroxyl groups is 1. The van der Waals surface area contributed by atoms with Crippen LogP contribution in [-0.4, -0.2) is 61.5 Å². The molecule has 172 valence electrons. The van der Waals surface area contributed by atoms with Gasteiger partial charge in [-0.3, -0.25) is 9.59 Å². The van der Waals surface area contributed by atoms with Crippen LogP contribution in [0.25, 0.3) is 0 Å². The van der Waals surface area contributed by atoms with E-state index >= 15 is 0 Å². The van der Waals surface area contributed by atoms with E-state index in [-0.39, 0.29) is 17.9 Å². The smallest absolute Gasteiger partial charge is 0.325 e. The molecule has 0 bridgehead atoms. The topological polar surface area (TPSA) is 104 Å². The fourth-order valence-electron chi connectivity index (χ4n) is 3.63. The first-order valence-electron chi connectivity index (χ1n) is 10.3. The van der Waals surface area contributed by atoms with Gasteiger partial charge in [-0.15, -0.1) is 0 Å². The first kappa shape index (κ1) is 23.9. The van der Waals surface area contributed by atoms with Gasteiger partial charge in [0, 0.05) is 25.7 Å². The molecule has 9 heteroatoms. The van der Waals surface area contributed by atoms with Gasteiger partial charge in [0.15, 0.2) is 6.10 Å². The zero-order valence-corrected chi connectivity index (χ0v) is 19.4. The maximum atomic E-state index is 13.2. The summed E-state index contributed by atoms with van der Waals surface area (Å²) in [4.78, 5) is 27.0. The lowest BCUT2D eigenvalue weighted by Gasteiger charge is -2.26. The van der Waals surface area contributed by atoms with Gasteiger partial charge in [-0.1, -0.05) is 24.3 Å². The van der Waals surface area contributed by atoms with Crippen molar-refractivity contribution in [1.82, 2.24) is 4.31 Å². The van der Waals surface area contributed by atoms with Gasteiger partial charge in [0.05, 0.1) is 11.0 Å². The van der Waals surface area contributed by atoms with Crippen LogP contribution in [0.1, 0.15) is 24.5 Å². The van der Waals surface area contributed by atoms with E-state index in [1.807, 2.05) is 13.0 Å². The fourth-order valence-corrected chi connectivity index (χ4v) is 5.34. The van der Waals surface area contributed by atoms with Gasteiger partial charge in [-0.2, -0.15) is 4.31 Å². The third-order valence-corrected chi connectivity index (χ3v) is 7.58. The Morgan fingerprint density at radius 2 is 1.78 bits per heavy atom. The molecule has 2 aromatic rings. The summed E-state index contributed by atoms with van der Waals surface area (Å²) in [5, 5.41) is 10.1. The van der Waals surface area contributed by atoms with Crippen molar-refractivity contribution in [3.8, 4) is 0 Å². The average Bonchev–Trinajstić information content (AvgIpc) is 3.17. The van der Waals surface area contributed by atoms with Crippen LogP contribution in [-0.2, 0) is 24.3 Å². The molecule has 1 amide bonds. The Morgan fingerprint density at radius 3 is 2.41 bits per heavy atom. The lowest BCUT2D eigenvalue weighted by Crippen LogP contribution is -2.44. The van der Waals surface area contributed by atoms with Crippen LogP contribution < -0.4 is 4.90 Å². The van der Waals surface area contributed by atoms with Crippen molar-refractivity contribution in [1.29, 1.82) is 0 Å². The second kappa shape index (κ2) is 9.40. The van der Waals surface area contributed by atoms with Crippen LogP contribution in [0.5, 0.6) is 0 Å². The Bertz CT molecular complexity index is 1100. The number of nitrogens with zero attached hydrogens (tertiary/aromatic N) is 2. The van der Waals surface area contributed by atoms with E-state index in [0.29, 0.717) is 5.69 Å². The van der Waals surface area contributed by atoms with Crippen LogP contribution in [0, 0.1) is 13.8 Å². The second-order valence-corrected chi connectivity index (χ2v) is 9.93. The molecule has 0 saturated carbocycles. The molecule has 0 aliphatic carbocycles. The van der Waals surface area contributed by atoms with Gasteiger partial charge in [-0.25, -0.2) is 8.42 Å². The monoisotopic (exact) mass is 460 g/mol. The number of benzene rings is 2. The quantitative estimate of drug-likeness (QED) is 0.662. The molecule has 1 heterocycles. The minimum atomic E-state index is -4.04. The van der Waals surface area contributed by atoms with Gasteiger partial charge in [-0.05, 0) is 56.2 Å². The highest BCUT2D eigenvalue weighted by Gasteiger charge is 2.45. The van der Waals surface area contributed by atoms with Crippen molar-refractivity contribution < 1.29 is 27.9 Å². The lowest BCUT2D eigenvalue weighted by atomic mass is 10.1. The number of rotatable bonds is 6. The molecular weight excluding hydrogens is 432 g/mol. The molecule has 1 N–H and O–H groups in total. The van der Waals surface area contributed by atoms with E-state index in [4.69, 9.17) is 4.74 Å². The molecule has 0 radical (unpaired) electrons. The van der Waals surface area contributed by atoms with Crippen molar-refractivity contribution >= 4 is 27.6 Å². The third kappa shape index (κ3) is 4.85. The number of hydrogen-bond acceptors (Lipinski definition) is 6. The number of ether oxygens (including phenoxy) is 1. The standard InChI is InChI=1S/C23H28N2O6S/c1-15-10-11-20(12-16(15)2)32(29,30)25-14-19(26)13-21(25)23(28)31-17(3)22(27)24(4)18-8-6-5-7-9-18/h5-12,17,19,21,26H,13-14H2,1-4H3. The number of amides is 1. The van der Waals surface area contributed by atoms with Gasteiger partial charge in [0.1, 0.15) is 6.04 Å². The Morgan fingerprint density at radius 1 is 1.12 bits per heavy atom. The molecule has 1 fully saturated rings. The van der Waals surface area contributed by atoms with Crippen molar-refractivity contribution in [3.05, 3.63) is 59.7 Å². The Hall–Kier alpha value is -2.75. The van der Waals surface area contributed by atoms with E-state index in [1.54, 1.807) is 50.4 Å². The number of carbonyl (C=O) groups excluding carboxylic acids is 2. The highest BCUT2D eigenvalue weighted by atomic mass is 32.2. The zero-order chi connectivity index (χ0) is 23.6. The molecule has 0 spiro atoms. The van der Waals surface area contributed by atoms with Crippen molar-refractivity contribution in [3.63, 3.8) is 0 Å². The number of β-amino-alcohol motifs (C(OH)–C–C–N with tert-alkyl or cyclic N) is 1. The summed E-state index contributed by atoms with van der Waals surface area (Å²) in [5.74, 6) is -1.32. The first-order valence-corrected chi connectivity index (χ1v) is 11.8. The predicted molar refractivity (Wildman–Crippen MR) is 120 cm³/mol. The lowest BCUT2D eigenvalue weighted by molar-refractivity contribution is -0.157. The van der Waals surface area contributed by atoms with E-state index in [9.17, 15) is 23.1 Å². The molecule has 3 atom stereocenters. The average molecular weight is 461 g/mol. The van der Waals surface area contributed by atoms with Crippen LogP contribution in [0.2, 0.25) is 0 Å². The number of sulfonamides is 1. The normalized spacial score (nSPS) is 20.0. The molecule has 1 saturated heterocycles. The van der Waals surface area contributed by atoms with Gasteiger partial charge < -0.3 is 14.7 Å². The molecule has 0 aromatic heterocycles. The first-order chi connectivity index (χ1) is 15.0. The van der Waals surface area contributed by atoms with Crippen molar-refractivity contribution in [2.24, 2.45) is 0 Å². The number of para-hydroxylation sites is 1. The van der Waals surface area contributed by atoms with Crippen LogP contribution in [0.15, 0.2) is 53.4 Å². The van der Waals surface area contributed by atoms with Gasteiger partial charge in [0.2, 0.25) is 10.0 Å². The van der Waals surface area contributed by atoms with E-state index in [1.165, 1.54) is 17.9 Å². The number of aryl methyl sites for hydroxylation is 2. The Balaban J connectivity index is 1.77. The number of anilines is 1. The van der Waals surface area contributed by atoms with Crippen LogP contribution in [0.4, 0.5) is 5.69 Å². The second-order valence-electron chi connectivity index (χ2n) is 8.04. The minimum Gasteiger partial charge on any atom is -0.451 e. The molecule has 1 aliphatic rings. The summed E-state index contributed by atoms with van der Waals surface area (Å²) >= 11 is 0. The summed E-state index contributed by atoms with van der Waals surface area (Å²) in [5.41, 5.74) is 2.37. The van der Waals surface area contributed by atoms with Crippen molar-refractivity contribution in [2.45, 2.75) is 50.3 Å². The Kier molecular flexibility index (Phi) is 7.02. The predicted octanol–water partition coefficient (Wildman–Crippen LogP) is 2.02. The van der Waals surface area contributed by atoms with Gasteiger partial charge >= 0.3 is 5.97 Å². The summed E-state index contributed by atoms with van der Waals surface area (Å²) in [7, 11) is -2.48. The van der Waals surface area contributed by atoms with E-state index in [2.05, 4.69) is 0 Å². The molecule has 1 aliphatic heterocycles. The zero-order valence-electron chi connectivity index (χ0n) is 18.6. The summed E-state index contributed by atoms with van der Waals surface area (Å²) in [6, 6.07) is 12.4. The molecular formula is C23H28N2O6S. The van der Waals surface area contributed by atoms with Crippen LogP contribution in [0.3, 0.4) is 0 Å². The van der Waals surface area contributed by atoms with Crippen molar-refractivity contribution in [2.75, 3.05) is 18.5 Å². The van der Waals surface area contributed by atoms with Gasteiger partial charge in [0.25, 0.3) is 5.91 Å². The molecule has 32 heavy (non-hydrogen) atoms. The molecule has 3 unspecified atom stereocenters. The molecule has 3 rings (SSSR count). The molecule has 8 nitrogen and oxygen atoms in total. The van der Waals surface area contributed by atoms with Crippen LogP contribution >= 0.6 is 0 Å². The Labute approximate surface area is 188 Å². The number of hydrogen-bond donors (Lipinski definition) is 1. The number of aliphatic hydroxyl groups excluding tert-OH is 1. The van der Waals surface area contributed by atoms with E-state index < -0.39 is 40.1 Å². The summed E-state index contributed by atoms with van der Waals surface area (Å²) in [6.07, 6.45) is -2.23. The largest absolute Gasteiger partial charge is 0.451 e. The highest BCUT2D eigenvalue weighted by Crippen LogP contribution is 2.28. The number of likely N-dealkylation sites (N-methyl/N-ethyl adjacent to an activating group) is 1. The number of carbonyl (C=O) groups is 2. The third-order valence-electron chi connectivity index (χ3n) is 5.71. The number of esters is 1. The summed E-state index contributed by atoms with van der Waals surface area (Å²) < 4.78 is 32.7.